The Hall–Kier alpha value is -0.530. The number of guanidine groups is 1. The summed E-state index contributed by atoms with van der Waals surface area (Å²) in [6.45, 7) is 8.05. The summed E-state index contributed by atoms with van der Waals surface area (Å²) < 4.78 is 5.11. The van der Waals surface area contributed by atoms with E-state index in [0.717, 1.165) is 50.9 Å². The van der Waals surface area contributed by atoms with E-state index < -0.39 is 0 Å². The molecule has 1 aliphatic carbocycles. The minimum absolute atomic E-state index is 0. The summed E-state index contributed by atoms with van der Waals surface area (Å²) in [6, 6.07) is 0. The first-order valence-corrected chi connectivity index (χ1v) is 7.94. The maximum Gasteiger partial charge on any atom is 0.309 e. The maximum atomic E-state index is 11.7. The van der Waals surface area contributed by atoms with Gasteiger partial charge in [-0.3, -0.25) is 9.79 Å². The zero-order chi connectivity index (χ0) is 14.4. The molecule has 0 unspecified atom stereocenters. The molecule has 0 atom stereocenters. The Kier molecular flexibility index (Phi) is 8.36. The van der Waals surface area contributed by atoms with Crippen molar-refractivity contribution in [2.45, 2.75) is 39.5 Å². The normalized spacial score (nSPS) is 19.9. The number of halogens is 1. The zero-order valence-corrected chi connectivity index (χ0v) is 15.5. The number of hydrogen-bond donors (Lipinski definition) is 1. The van der Waals surface area contributed by atoms with Gasteiger partial charge in [0, 0.05) is 26.2 Å². The summed E-state index contributed by atoms with van der Waals surface area (Å²) >= 11 is 0. The number of piperidine rings is 1. The summed E-state index contributed by atoms with van der Waals surface area (Å²) in [5, 5.41) is 3.36. The third kappa shape index (κ3) is 6.00. The monoisotopic (exact) mass is 409 g/mol. The van der Waals surface area contributed by atoms with Gasteiger partial charge in [-0.15, -0.1) is 24.0 Å². The molecule has 0 bridgehead atoms. The quantitative estimate of drug-likeness (QED) is 0.328. The minimum atomic E-state index is -0.0351. The first-order valence-electron chi connectivity index (χ1n) is 7.94. The third-order valence-electron chi connectivity index (χ3n) is 3.95. The van der Waals surface area contributed by atoms with Crippen LogP contribution in [0.15, 0.2) is 4.99 Å². The van der Waals surface area contributed by atoms with Gasteiger partial charge in [-0.1, -0.05) is 0 Å². The van der Waals surface area contributed by atoms with Crippen LogP contribution in [0, 0.1) is 11.8 Å². The maximum absolute atomic E-state index is 11.7. The number of carbonyl (C=O) groups excluding carboxylic acids is 1. The predicted octanol–water partition coefficient (Wildman–Crippen LogP) is 2.26. The molecule has 5 nitrogen and oxygen atoms in total. The van der Waals surface area contributed by atoms with Gasteiger partial charge in [0.1, 0.15) is 0 Å². The molecule has 0 aromatic rings. The van der Waals surface area contributed by atoms with Crippen molar-refractivity contribution >= 4 is 35.9 Å². The second-order valence-electron chi connectivity index (χ2n) is 5.65. The summed E-state index contributed by atoms with van der Waals surface area (Å²) in [6.07, 6.45) is 4.39. The molecule has 1 saturated heterocycles. The Morgan fingerprint density at radius 3 is 2.43 bits per heavy atom. The van der Waals surface area contributed by atoms with Crippen LogP contribution in [-0.4, -0.2) is 49.6 Å². The van der Waals surface area contributed by atoms with E-state index in [0.29, 0.717) is 6.61 Å². The lowest BCUT2D eigenvalue weighted by Gasteiger charge is -2.33. The van der Waals surface area contributed by atoms with Gasteiger partial charge < -0.3 is 15.0 Å². The molecular weight excluding hydrogens is 381 g/mol. The van der Waals surface area contributed by atoms with Crippen LogP contribution in [0.3, 0.4) is 0 Å². The average molecular weight is 409 g/mol. The number of hydrogen-bond acceptors (Lipinski definition) is 3. The van der Waals surface area contributed by atoms with Gasteiger partial charge in [0.05, 0.1) is 12.5 Å². The van der Waals surface area contributed by atoms with Gasteiger partial charge in [0.25, 0.3) is 0 Å². The van der Waals surface area contributed by atoms with Gasteiger partial charge in [-0.05, 0) is 45.4 Å². The number of carbonyl (C=O) groups is 1. The average Bonchev–Trinajstić information content (AvgIpc) is 3.28. The van der Waals surface area contributed by atoms with Crippen molar-refractivity contribution in [3.05, 3.63) is 0 Å². The van der Waals surface area contributed by atoms with Gasteiger partial charge in [-0.25, -0.2) is 0 Å². The Balaban J connectivity index is 0.00000220. The summed E-state index contributed by atoms with van der Waals surface area (Å²) in [5.74, 6) is 1.85. The number of esters is 1. The molecule has 122 valence electrons. The molecule has 2 aliphatic rings. The molecule has 0 radical (unpaired) electrons. The second kappa shape index (κ2) is 9.48. The fourth-order valence-electron chi connectivity index (χ4n) is 2.53. The summed E-state index contributed by atoms with van der Waals surface area (Å²) in [7, 11) is 0. The van der Waals surface area contributed by atoms with Crippen molar-refractivity contribution in [2.24, 2.45) is 16.8 Å². The van der Waals surface area contributed by atoms with Crippen LogP contribution in [0.2, 0.25) is 0 Å². The van der Waals surface area contributed by atoms with Crippen molar-refractivity contribution in [2.75, 3.05) is 32.8 Å². The number of rotatable bonds is 5. The largest absolute Gasteiger partial charge is 0.466 e. The topological polar surface area (TPSA) is 53.9 Å². The molecule has 2 fully saturated rings. The summed E-state index contributed by atoms with van der Waals surface area (Å²) in [5.41, 5.74) is 0. The Labute approximate surface area is 144 Å². The van der Waals surface area contributed by atoms with Gasteiger partial charge in [0.15, 0.2) is 5.96 Å². The van der Waals surface area contributed by atoms with Crippen LogP contribution in [0.4, 0.5) is 0 Å². The van der Waals surface area contributed by atoms with Crippen LogP contribution in [0.5, 0.6) is 0 Å². The number of ether oxygens (including phenoxy) is 1. The van der Waals surface area contributed by atoms with Gasteiger partial charge in [-0.2, -0.15) is 0 Å². The van der Waals surface area contributed by atoms with E-state index >= 15 is 0 Å². The second-order valence-corrected chi connectivity index (χ2v) is 5.65. The van der Waals surface area contributed by atoms with Crippen LogP contribution in [-0.2, 0) is 9.53 Å². The van der Waals surface area contributed by atoms with E-state index in [-0.39, 0.29) is 35.9 Å². The molecule has 6 heteroatoms. The van der Waals surface area contributed by atoms with Crippen LogP contribution in [0.1, 0.15) is 39.5 Å². The molecular formula is C15H28IN3O2. The van der Waals surface area contributed by atoms with E-state index in [1.54, 1.807) is 0 Å². The van der Waals surface area contributed by atoms with Crippen LogP contribution < -0.4 is 5.32 Å². The smallest absolute Gasteiger partial charge is 0.309 e. The fraction of sp³-hybridized carbons (Fsp3) is 0.867. The van der Waals surface area contributed by atoms with E-state index in [1.807, 2.05) is 6.92 Å². The van der Waals surface area contributed by atoms with Crippen molar-refractivity contribution in [3.8, 4) is 0 Å². The number of aliphatic imine (C=N–C) groups is 1. The molecule has 1 saturated carbocycles. The van der Waals surface area contributed by atoms with Crippen molar-refractivity contribution in [1.29, 1.82) is 0 Å². The van der Waals surface area contributed by atoms with E-state index in [1.165, 1.54) is 12.8 Å². The lowest BCUT2D eigenvalue weighted by Crippen LogP contribution is -2.46. The first-order chi connectivity index (χ1) is 9.74. The minimum Gasteiger partial charge on any atom is -0.466 e. The Morgan fingerprint density at radius 2 is 1.90 bits per heavy atom. The van der Waals surface area contributed by atoms with Crippen molar-refractivity contribution in [1.82, 2.24) is 10.2 Å². The highest BCUT2D eigenvalue weighted by Gasteiger charge is 2.28. The van der Waals surface area contributed by atoms with Crippen molar-refractivity contribution < 1.29 is 9.53 Å². The lowest BCUT2D eigenvalue weighted by molar-refractivity contribution is -0.149. The van der Waals surface area contributed by atoms with Crippen LogP contribution >= 0.6 is 24.0 Å². The molecule has 21 heavy (non-hydrogen) atoms. The lowest BCUT2D eigenvalue weighted by atomic mass is 9.97. The summed E-state index contributed by atoms with van der Waals surface area (Å²) in [4.78, 5) is 18.7. The highest BCUT2D eigenvalue weighted by Crippen LogP contribution is 2.29. The Bertz CT molecular complexity index is 351. The molecule has 2 rings (SSSR count). The van der Waals surface area contributed by atoms with Crippen molar-refractivity contribution in [3.63, 3.8) is 0 Å². The number of nitrogens with one attached hydrogen (secondary N) is 1. The van der Waals surface area contributed by atoms with Gasteiger partial charge >= 0.3 is 5.97 Å². The van der Waals surface area contributed by atoms with E-state index in [2.05, 4.69) is 17.1 Å². The Morgan fingerprint density at radius 1 is 1.24 bits per heavy atom. The van der Waals surface area contributed by atoms with Gasteiger partial charge in [0.2, 0.25) is 0 Å². The molecule has 0 amide bonds. The van der Waals surface area contributed by atoms with E-state index in [9.17, 15) is 4.79 Å². The zero-order valence-electron chi connectivity index (χ0n) is 13.1. The van der Waals surface area contributed by atoms with Crippen LogP contribution in [0.25, 0.3) is 0 Å². The number of nitrogens with zero attached hydrogens (tertiary/aromatic N) is 2. The highest BCUT2D eigenvalue weighted by molar-refractivity contribution is 14.0. The SMILES string of the molecule is CCNC(=NCC1CC1)N1CCC(C(=O)OCC)CC1.I. The predicted molar refractivity (Wildman–Crippen MR) is 95.0 cm³/mol. The molecule has 1 N–H and O–H groups in total. The first kappa shape index (κ1) is 18.5. The molecule has 1 aliphatic heterocycles. The number of likely N-dealkylation sites (tertiary alicyclic amines) is 1. The van der Waals surface area contributed by atoms with E-state index in [4.69, 9.17) is 9.73 Å². The fourth-order valence-corrected chi connectivity index (χ4v) is 2.53. The molecule has 0 aromatic heterocycles. The molecule has 0 aromatic carbocycles. The third-order valence-corrected chi connectivity index (χ3v) is 3.95. The standard InChI is InChI=1S/C15H27N3O2.HI/c1-3-16-15(17-11-12-5-6-12)18-9-7-13(8-10-18)14(19)20-4-2;/h12-13H,3-11H2,1-2H3,(H,16,17);1H. The molecule has 0 spiro atoms. The molecule has 1 heterocycles. The highest BCUT2D eigenvalue weighted by atomic mass is 127.